The molecule has 1 fully saturated rings. The highest BCUT2D eigenvalue weighted by molar-refractivity contribution is 5.84. The van der Waals surface area contributed by atoms with Crippen LogP contribution < -0.4 is 9.47 Å². The minimum Gasteiger partial charge on any atom is -0.497 e. The molecular formula is C16H24N2O2. The van der Waals surface area contributed by atoms with Crippen molar-refractivity contribution >= 4 is 6.21 Å². The van der Waals surface area contributed by atoms with Gasteiger partial charge in [-0.2, -0.15) is 5.10 Å². The summed E-state index contributed by atoms with van der Waals surface area (Å²) >= 11 is 0. The fraction of sp³-hybridized carbons (Fsp3) is 0.562. The highest BCUT2D eigenvalue weighted by Gasteiger charge is 2.22. The number of methoxy groups -OCH3 is 2. The molecule has 20 heavy (non-hydrogen) atoms. The number of piperidine rings is 1. The first-order valence-corrected chi connectivity index (χ1v) is 7.20. The van der Waals surface area contributed by atoms with Crippen molar-refractivity contribution in [3.05, 3.63) is 23.8 Å². The molecule has 2 rings (SSSR count). The fourth-order valence-electron chi connectivity index (χ4n) is 2.70. The van der Waals surface area contributed by atoms with Gasteiger partial charge in [0.05, 0.1) is 20.4 Å². The van der Waals surface area contributed by atoms with Crippen molar-refractivity contribution in [2.75, 3.05) is 14.2 Å². The first-order chi connectivity index (χ1) is 9.65. The minimum atomic E-state index is 0.492. The zero-order chi connectivity index (χ0) is 14.5. The van der Waals surface area contributed by atoms with Gasteiger partial charge < -0.3 is 9.47 Å². The third-order valence-corrected chi connectivity index (χ3v) is 3.91. The van der Waals surface area contributed by atoms with E-state index in [0.29, 0.717) is 12.1 Å². The average molecular weight is 276 g/mol. The van der Waals surface area contributed by atoms with Gasteiger partial charge in [0, 0.05) is 17.6 Å². The molecule has 4 nitrogen and oxygen atoms in total. The summed E-state index contributed by atoms with van der Waals surface area (Å²) in [6.07, 6.45) is 5.57. The van der Waals surface area contributed by atoms with Gasteiger partial charge in [-0.15, -0.1) is 0 Å². The second-order valence-electron chi connectivity index (χ2n) is 5.36. The smallest absolute Gasteiger partial charge is 0.127 e. The molecular weight excluding hydrogens is 252 g/mol. The Labute approximate surface area is 121 Å². The summed E-state index contributed by atoms with van der Waals surface area (Å²) < 4.78 is 10.6. The molecule has 2 atom stereocenters. The Morgan fingerprint density at radius 1 is 1.15 bits per heavy atom. The standard InChI is InChI=1S/C16H24N2O2/c1-12-6-5-7-13(2)18(12)17-11-14-10-15(19-3)8-9-16(14)20-4/h8-13H,5-7H2,1-4H3. The van der Waals surface area contributed by atoms with E-state index in [0.717, 1.165) is 17.1 Å². The van der Waals surface area contributed by atoms with Crippen molar-refractivity contribution in [1.82, 2.24) is 5.01 Å². The molecule has 0 amide bonds. The summed E-state index contributed by atoms with van der Waals surface area (Å²) in [4.78, 5) is 0. The van der Waals surface area contributed by atoms with Crippen molar-refractivity contribution in [1.29, 1.82) is 0 Å². The maximum absolute atomic E-state index is 5.37. The number of hydrogen-bond acceptors (Lipinski definition) is 4. The van der Waals surface area contributed by atoms with E-state index in [4.69, 9.17) is 9.47 Å². The third kappa shape index (κ3) is 3.24. The molecule has 1 aromatic carbocycles. The lowest BCUT2D eigenvalue weighted by Crippen LogP contribution is -2.39. The van der Waals surface area contributed by atoms with Crippen LogP contribution in [0.3, 0.4) is 0 Å². The molecule has 0 radical (unpaired) electrons. The summed E-state index contributed by atoms with van der Waals surface area (Å²) in [6.45, 7) is 4.46. The second-order valence-corrected chi connectivity index (χ2v) is 5.36. The molecule has 1 heterocycles. The number of ether oxygens (including phenoxy) is 2. The lowest BCUT2D eigenvalue weighted by atomic mass is 10.00. The topological polar surface area (TPSA) is 34.1 Å². The predicted molar refractivity (Wildman–Crippen MR) is 81.8 cm³/mol. The predicted octanol–water partition coefficient (Wildman–Crippen LogP) is 3.30. The van der Waals surface area contributed by atoms with Gasteiger partial charge in [-0.1, -0.05) is 0 Å². The second kappa shape index (κ2) is 6.64. The van der Waals surface area contributed by atoms with E-state index in [1.54, 1.807) is 14.2 Å². The van der Waals surface area contributed by atoms with Crippen LogP contribution in [-0.2, 0) is 0 Å². The van der Waals surface area contributed by atoms with Gasteiger partial charge in [0.25, 0.3) is 0 Å². The lowest BCUT2D eigenvalue weighted by Gasteiger charge is -2.36. The molecule has 110 valence electrons. The molecule has 1 aromatic rings. The summed E-state index contributed by atoms with van der Waals surface area (Å²) in [7, 11) is 3.34. The van der Waals surface area contributed by atoms with Crippen molar-refractivity contribution < 1.29 is 9.47 Å². The zero-order valence-electron chi connectivity index (χ0n) is 12.8. The first-order valence-electron chi connectivity index (χ1n) is 7.20. The molecule has 2 unspecified atom stereocenters. The molecule has 0 aromatic heterocycles. The van der Waals surface area contributed by atoms with E-state index in [1.165, 1.54) is 19.3 Å². The van der Waals surface area contributed by atoms with E-state index in [-0.39, 0.29) is 0 Å². The van der Waals surface area contributed by atoms with Crippen LogP contribution >= 0.6 is 0 Å². The van der Waals surface area contributed by atoms with E-state index < -0.39 is 0 Å². The molecule has 0 N–H and O–H groups in total. The molecule has 0 saturated carbocycles. The van der Waals surface area contributed by atoms with Gasteiger partial charge in [0.1, 0.15) is 11.5 Å². The lowest BCUT2D eigenvalue weighted by molar-refractivity contribution is 0.109. The summed E-state index contributed by atoms with van der Waals surface area (Å²) in [5.74, 6) is 1.62. The summed E-state index contributed by atoms with van der Waals surface area (Å²) in [5, 5.41) is 6.87. The number of nitrogens with zero attached hydrogens (tertiary/aromatic N) is 2. The normalized spacial score (nSPS) is 23.1. The molecule has 4 heteroatoms. The highest BCUT2D eigenvalue weighted by Crippen LogP contribution is 2.25. The van der Waals surface area contributed by atoms with E-state index in [9.17, 15) is 0 Å². The molecule has 0 bridgehead atoms. The first kappa shape index (κ1) is 14.7. The van der Waals surface area contributed by atoms with Crippen LogP contribution in [0.25, 0.3) is 0 Å². The van der Waals surface area contributed by atoms with Gasteiger partial charge in [-0.3, -0.25) is 5.01 Å². The number of hydrazone groups is 1. The van der Waals surface area contributed by atoms with Crippen molar-refractivity contribution in [2.24, 2.45) is 5.10 Å². The number of benzene rings is 1. The van der Waals surface area contributed by atoms with Crippen LogP contribution in [0.2, 0.25) is 0 Å². The molecule has 1 saturated heterocycles. The Bertz CT molecular complexity index is 464. The van der Waals surface area contributed by atoms with Crippen molar-refractivity contribution in [2.45, 2.75) is 45.2 Å². The maximum atomic E-state index is 5.37. The largest absolute Gasteiger partial charge is 0.497 e. The van der Waals surface area contributed by atoms with Crippen LogP contribution in [0.1, 0.15) is 38.7 Å². The zero-order valence-corrected chi connectivity index (χ0v) is 12.8. The van der Waals surface area contributed by atoms with Crippen molar-refractivity contribution in [3.63, 3.8) is 0 Å². The van der Waals surface area contributed by atoms with E-state index in [2.05, 4.69) is 24.0 Å². The average Bonchev–Trinajstić information content (AvgIpc) is 2.46. The van der Waals surface area contributed by atoms with E-state index in [1.807, 2.05) is 24.4 Å². The quantitative estimate of drug-likeness (QED) is 0.791. The van der Waals surface area contributed by atoms with Gasteiger partial charge in [-0.05, 0) is 51.3 Å². The van der Waals surface area contributed by atoms with Gasteiger partial charge in [-0.25, -0.2) is 0 Å². The monoisotopic (exact) mass is 276 g/mol. The van der Waals surface area contributed by atoms with Crippen LogP contribution in [0.4, 0.5) is 0 Å². The summed E-state index contributed by atoms with van der Waals surface area (Å²) in [6, 6.07) is 6.73. The van der Waals surface area contributed by atoms with Gasteiger partial charge in [0.2, 0.25) is 0 Å². The van der Waals surface area contributed by atoms with Gasteiger partial charge >= 0.3 is 0 Å². The SMILES string of the molecule is COc1ccc(OC)c(C=NN2C(C)CCCC2C)c1. The van der Waals surface area contributed by atoms with Crippen molar-refractivity contribution in [3.8, 4) is 11.5 Å². The molecule has 1 aliphatic heterocycles. The summed E-state index contributed by atoms with van der Waals surface area (Å²) in [5.41, 5.74) is 0.942. The Hall–Kier alpha value is -1.71. The Kier molecular flexibility index (Phi) is 4.88. The fourth-order valence-corrected chi connectivity index (χ4v) is 2.70. The highest BCUT2D eigenvalue weighted by atomic mass is 16.5. The Morgan fingerprint density at radius 3 is 2.45 bits per heavy atom. The molecule has 1 aliphatic rings. The van der Waals surface area contributed by atoms with Crippen LogP contribution in [-0.4, -0.2) is 37.5 Å². The third-order valence-electron chi connectivity index (χ3n) is 3.91. The Morgan fingerprint density at radius 2 is 1.85 bits per heavy atom. The number of hydrogen-bond donors (Lipinski definition) is 0. The molecule has 0 spiro atoms. The van der Waals surface area contributed by atoms with Gasteiger partial charge in [0.15, 0.2) is 0 Å². The molecule has 0 aliphatic carbocycles. The van der Waals surface area contributed by atoms with Crippen LogP contribution in [0.15, 0.2) is 23.3 Å². The Balaban J connectivity index is 2.21. The van der Waals surface area contributed by atoms with Crippen LogP contribution in [0, 0.1) is 0 Å². The maximum Gasteiger partial charge on any atom is 0.127 e. The number of rotatable bonds is 4. The van der Waals surface area contributed by atoms with E-state index >= 15 is 0 Å². The van der Waals surface area contributed by atoms with Crippen LogP contribution in [0.5, 0.6) is 11.5 Å². The minimum absolute atomic E-state index is 0.492.